The Morgan fingerprint density at radius 2 is 1.63 bits per heavy atom. The van der Waals surface area contributed by atoms with Gasteiger partial charge in [-0.05, 0) is 56.3 Å². The standard InChI is InChI=1S/C26H31N5O6S/c1-5-37-25(32)23-17(2)28-26(29-24(23)18-6-11-21(35-3)22(16-18)36-4)30-12-14-31(15-13-30)38(33,34)20-9-7-19(27)8-10-20/h6-11,16H,5,12-15,27H2,1-4H3. The lowest BCUT2D eigenvalue weighted by Crippen LogP contribution is -2.49. The van der Waals surface area contributed by atoms with Gasteiger partial charge in [0.15, 0.2) is 11.5 Å². The lowest BCUT2D eigenvalue weighted by Gasteiger charge is -2.34. The van der Waals surface area contributed by atoms with Crippen molar-refractivity contribution in [1.29, 1.82) is 0 Å². The Morgan fingerprint density at radius 3 is 2.24 bits per heavy atom. The van der Waals surface area contributed by atoms with Gasteiger partial charge in [0, 0.05) is 37.4 Å². The second kappa shape index (κ2) is 11.2. The number of carbonyl (C=O) groups excluding carboxylic acids is 1. The number of aromatic nitrogens is 2. The van der Waals surface area contributed by atoms with Crippen LogP contribution in [0.4, 0.5) is 11.6 Å². The fraction of sp³-hybridized carbons (Fsp3) is 0.346. The molecule has 0 saturated carbocycles. The van der Waals surface area contributed by atoms with E-state index in [0.717, 1.165) is 0 Å². The molecular weight excluding hydrogens is 510 g/mol. The van der Waals surface area contributed by atoms with Gasteiger partial charge >= 0.3 is 5.97 Å². The van der Waals surface area contributed by atoms with Crippen LogP contribution in [0.25, 0.3) is 11.3 Å². The number of piperazine rings is 1. The summed E-state index contributed by atoms with van der Waals surface area (Å²) in [5, 5.41) is 0. The number of rotatable bonds is 8. The predicted molar refractivity (Wildman–Crippen MR) is 143 cm³/mol. The van der Waals surface area contributed by atoms with Gasteiger partial charge in [-0.25, -0.2) is 23.2 Å². The molecule has 0 atom stereocenters. The number of anilines is 2. The molecule has 0 radical (unpaired) electrons. The molecule has 2 heterocycles. The van der Waals surface area contributed by atoms with Crippen molar-refractivity contribution in [2.45, 2.75) is 18.7 Å². The van der Waals surface area contributed by atoms with Gasteiger partial charge in [0.1, 0.15) is 5.56 Å². The molecule has 4 rings (SSSR count). The summed E-state index contributed by atoms with van der Waals surface area (Å²) in [5.41, 5.74) is 7.93. The summed E-state index contributed by atoms with van der Waals surface area (Å²) in [7, 11) is -0.586. The molecule has 0 amide bonds. The molecule has 2 aromatic carbocycles. The van der Waals surface area contributed by atoms with E-state index in [2.05, 4.69) is 4.98 Å². The van der Waals surface area contributed by atoms with Crippen LogP contribution in [-0.4, -0.2) is 75.7 Å². The predicted octanol–water partition coefficient (Wildman–Crippen LogP) is 2.74. The number of benzene rings is 2. The molecular formula is C26H31N5O6S. The smallest absolute Gasteiger partial charge is 0.342 e. The summed E-state index contributed by atoms with van der Waals surface area (Å²) in [6, 6.07) is 11.4. The lowest BCUT2D eigenvalue weighted by molar-refractivity contribution is 0.0525. The Kier molecular flexibility index (Phi) is 8.02. The van der Waals surface area contributed by atoms with E-state index in [1.54, 1.807) is 51.3 Å². The van der Waals surface area contributed by atoms with Crippen LogP contribution in [0.1, 0.15) is 23.0 Å². The van der Waals surface area contributed by atoms with Crippen molar-refractivity contribution in [2.24, 2.45) is 0 Å². The molecule has 1 aliphatic rings. The van der Waals surface area contributed by atoms with Crippen LogP contribution in [0, 0.1) is 6.92 Å². The molecule has 0 spiro atoms. The van der Waals surface area contributed by atoms with Crippen molar-refractivity contribution in [1.82, 2.24) is 14.3 Å². The van der Waals surface area contributed by atoms with E-state index in [9.17, 15) is 13.2 Å². The first-order valence-electron chi connectivity index (χ1n) is 12.1. The maximum absolute atomic E-state index is 13.1. The molecule has 1 saturated heterocycles. The Bertz CT molecular complexity index is 1420. The van der Waals surface area contributed by atoms with Gasteiger partial charge in [-0.15, -0.1) is 0 Å². The fourth-order valence-electron chi connectivity index (χ4n) is 4.26. The van der Waals surface area contributed by atoms with Gasteiger partial charge < -0.3 is 24.8 Å². The van der Waals surface area contributed by atoms with Gasteiger partial charge in [-0.1, -0.05) is 0 Å². The van der Waals surface area contributed by atoms with E-state index in [1.807, 2.05) is 4.90 Å². The first-order valence-corrected chi connectivity index (χ1v) is 13.5. The summed E-state index contributed by atoms with van der Waals surface area (Å²) in [4.78, 5) is 24.3. The van der Waals surface area contributed by atoms with Crippen LogP contribution in [0.5, 0.6) is 11.5 Å². The number of carbonyl (C=O) groups is 1. The Labute approximate surface area is 222 Å². The highest BCUT2D eigenvalue weighted by Gasteiger charge is 2.31. The Hall–Kier alpha value is -3.90. The third kappa shape index (κ3) is 5.36. The number of aryl methyl sites for hydroxylation is 1. The van der Waals surface area contributed by atoms with Gasteiger partial charge in [-0.2, -0.15) is 4.31 Å². The summed E-state index contributed by atoms with van der Waals surface area (Å²) in [5.74, 6) is 0.892. The van der Waals surface area contributed by atoms with E-state index < -0.39 is 16.0 Å². The van der Waals surface area contributed by atoms with Crippen molar-refractivity contribution in [2.75, 3.05) is 57.6 Å². The SMILES string of the molecule is CCOC(=O)c1c(C)nc(N2CCN(S(=O)(=O)c3ccc(N)cc3)CC2)nc1-c1ccc(OC)c(OC)c1. The summed E-state index contributed by atoms with van der Waals surface area (Å²) in [6.07, 6.45) is 0. The molecule has 1 fully saturated rings. The number of hydrogen-bond donors (Lipinski definition) is 1. The highest BCUT2D eigenvalue weighted by atomic mass is 32.2. The van der Waals surface area contributed by atoms with Gasteiger partial charge in [0.2, 0.25) is 16.0 Å². The minimum absolute atomic E-state index is 0.196. The zero-order valence-corrected chi connectivity index (χ0v) is 22.6. The van der Waals surface area contributed by atoms with Crippen molar-refractivity contribution >= 4 is 27.6 Å². The Balaban J connectivity index is 1.66. The zero-order valence-electron chi connectivity index (χ0n) is 21.8. The van der Waals surface area contributed by atoms with Crippen molar-refractivity contribution in [3.05, 3.63) is 53.7 Å². The summed E-state index contributed by atoms with van der Waals surface area (Å²) in [6.45, 7) is 4.91. The number of nitrogens with zero attached hydrogens (tertiary/aromatic N) is 4. The topological polar surface area (TPSA) is 137 Å². The second-order valence-corrected chi connectivity index (χ2v) is 10.5. The average molecular weight is 542 g/mol. The molecule has 1 aliphatic heterocycles. The Morgan fingerprint density at radius 1 is 0.974 bits per heavy atom. The van der Waals surface area contributed by atoms with Crippen molar-refractivity contribution < 1.29 is 27.4 Å². The summed E-state index contributed by atoms with van der Waals surface area (Å²) < 4.78 is 43.7. The molecule has 38 heavy (non-hydrogen) atoms. The third-order valence-corrected chi connectivity index (χ3v) is 8.17. The molecule has 2 N–H and O–H groups in total. The number of ether oxygens (including phenoxy) is 3. The minimum atomic E-state index is -3.66. The molecule has 11 nitrogen and oxygen atoms in total. The largest absolute Gasteiger partial charge is 0.493 e. The van der Waals surface area contributed by atoms with Gasteiger partial charge in [0.05, 0.1) is 37.1 Å². The van der Waals surface area contributed by atoms with E-state index in [-0.39, 0.29) is 30.2 Å². The van der Waals surface area contributed by atoms with Gasteiger partial charge in [0.25, 0.3) is 0 Å². The van der Waals surface area contributed by atoms with Crippen LogP contribution < -0.4 is 20.1 Å². The monoisotopic (exact) mass is 541 g/mol. The fourth-order valence-corrected chi connectivity index (χ4v) is 5.68. The average Bonchev–Trinajstić information content (AvgIpc) is 2.92. The highest BCUT2D eigenvalue weighted by Crippen LogP contribution is 2.34. The number of nitrogens with two attached hydrogens (primary N) is 1. The van der Waals surface area contributed by atoms with Crippen LogP contribution in [0.15, 0.2) is 47.4 Å². The van der Waals surface area contributed by atoms with E-state index in [1.165, 1.54) is 23.5 Å². The van der Waals surface area contributed by atoms with E-state index in [0.29, 0.717) is 53.2 Å². The van der Waals surface area contributed by atoms with E-state index >= 15 is 0 Å². The first-order chi connectivity index (χ1) is 18.2. The van der Waals surface area contributed by atoms with Crippen LogP contribution in [0.2, 0.25) is 0 Å². The summed E-state index contributed by atoms with van der Waals surface area (Å²) >= 11 is 0. The molecule has 12 heteroatoms. The maximum Gasteiger partial charge on any atom is 0.342 e. The molecule has 3 aromatic rings. The van der Waals surface area contributed by atoms with E-state index in [4.69, 9.17) is 24.9 Å². The molecule has 1 aromatic heterocycles. The molecule has 202 valence electrons. The third-order valence-electron chi connectivity index (χ3n) is 6.25. The lowest BCUT2D eigenvalue weighted by atomic mass is 10.0. The zero-order chi connectivity index (χ0) is 27.4. The van der Waals surface area contributed by atoms with Gasteiger partial charge in [-0.3, -0.25) is 0 Å². The molecule has 0 aliphatic carbocycles. The van der Waals surface area contributed by atoms with Crippen LogP contribution in [-0.2, 0) is 14.8 Å². The number of methoxy groups -OCH3 is 2. The molecule has 0 bridgehead atoms. The molecule has 0 unspecified atom stereocenters. The number of nitrogen functional groups attached to an aromatic ring is 1. The highest BCUT2D eigenvalue weighted by molar-refractivity contribution is 7.89. The van der Waals surface area contributed by atoms with Crippen molar-refractivity contribution in [3.8, 4) is 22.8 Å². The number of sulfonamides is 1. The van der Waals surface area contributed by atoms with Crippen molar-refractivity contribution in [3.63, 3.8) is 0 Å². The maximum atomic E-state index is 13.1. The minimum Gasteiger partial charge on any atom is -0.493 e. The first kappa shape index (κ1) is 27.1. The normalized spacial score (nSPS) is 14.3. The number of esters is 1. The quantitative estimate of drug-likeness (QED) is 0.335. The second-order valence-electron chi connectivity index (χ2n) is 8.58. The van der Waals surface area contributed by atoms with Crippen LogP contribution in [0.3, 0.4) is 0 Å². The van der Waals surface area contributed by atoms with Crippen LogP contribution >= 0.6 is 0 Å². The number of hydrogen-bond acceptors (Lipinski definition) is 10.